The first-order chi connectivity index (χ1) is 11.0. The molecule has 1 fully saturated rings. The minimum absolute atomic E-state index is 0.000411. The second-order valence-corrected chi connectivity index (χ2v) is 7.25. The van der Waals surface area contributed by atoms with Gasteiger partial charge in [-0.2, -0.15) is 0 Å². The number of rotatable bonds is 3. The molecule has 4 nitrogen and oxygen atoms in total. The van der Waals surface area contributed by atoms with Gasteiger partial charge in [-0.15, -0.1) is 11.3 Å². The average molecular weight is 333 g/mol. The average Bonchev–Trinajstić information content (AvgIpc) is 2.88. The van der Waals surface area contributed by atoms with Crippen molar-refractivity contribution in [1.82, 2.24) is 4.98 Å². The highest BCUT2D eigenvalue weighted by Crippen LogP contribution is 2.31. The molecule has 1 heterocycles. The molecule has 0 aliphatic heterocycles. The molecule has 1 aromatic carbocycles. The van der Waals surface area contributed by atoms with Crippen LogP contribution in [0.1, 0.15) is 30.6 Å². The Hall–Kier alpha value is -1.79. The number of nitrogens with zero attached hydrogens (tertiary/aromatic N) is 1. The van der Waals surface area contributed by atoms with Crippen LogP contribution in [0.3, 0.4) is 0 Å². The third-order valence-corrected chi connectivity index (χ3v) is 5.12. The van der Waals surface area contributed by atoms with Crippen LogP contribution in [0.5, 0.6) is 0 Å². The molecule has 2 aromatic rings. The Kier molecular flexibility index (Phi) is 4.73. The number of nitrogens with two attached hydrogens (primary N) is 1. The zero-order valence-electron chi connectivity index (χ0n) is 13.0. The van der Waals surface area contributed by atoms with Crippen LogP contribution in [0, 0.1) is 18.7 Å². The molecule has 122 valence electrons. The fourth-order valence-electron chi connectivity index (χ4n) is 3.00. The first kappa shape index (κ1) is 16.1. The third kappa shape index (κ3) is 3.76. The van der Waals surface area contributed by atoms with Crippen LogP contribution in [0.2, 0.25) is 0 Å². The Balaban J connectivity index is 1.73. The number of hydrogen-bond donors (Lipinski definition) is 2. The molecule has 3 rings (SSSR count). The van der Waals surface area contributed by atoms with Crippen LogP contribution in [0.4, 0.5) is 9.52 Å². The maximum absolute atomic E-state index is 13.0. The van der Waals surface area contributed by atoms with Gasteiger partial charge in [0.2, 0.25) is 5.91 Å². The number of benzene rings is 1. The first-order valence-corrected chi connectivity index (χ1v) is 8.64. The van der Waals surface area contributed by atoms with E-state index in [1.54, 1.807) is 12.1 Å². The van der Waals surface area contributed by atoms with E-state index in [0.717, 1.165) is 41.8 Å². The number of thiazole rings is 1. The molecule has 1 aliphatic carbocycles. The molecule has 23 heavy (non-hydrogen) atoms. The van der Waals surface area contributed by atoms with E-state index in [-0.39, 0.29) is 23.7 Å². The number of halogens is 1. The molecule has 1 saturated carbocycles. The van der Waals surface area contributed by atoms with Crippen molar-refractivity contribution in [1.29, 1.82) is 0 Å². The second kappa shape index (κ2) is 6.76. The Bertz CT molecular complexity index is 698. The molecule has 1 aromatic heterocycles. The highest BCUT2D eigenvalue weighted by atomic mass is 32.1. The summed E-state index contributed by atoms with van der Waals surface area (Å²) in [6.07, 6.45) is 3.61. The Morgan fingerprint density at radius 3 is 2.78 bits per heavy atom. The minimum atomic E-state index is -0.274. The highest BCUT2D eigenvalue weighted by molar-refractivity contribution is 7.16. The maximum Gasteiger partial charge on any atom is 0.229 e. The largest absolute Gasteiger partial charge is 0.328 e. The van der Waals surface area contributed by atoms with Crippen molar-refractivity contribution in [2.75, 3.05) is 5.32 Å². The first-order valence-electron chi connectivity index (χ1n) is 7.82. The van der Waals surface area contributed by atoms with Crippen LogP contribution in [-0.2, 0) is 4.79 Å². The van der Waals surface area contributed by atoms with E-state index < -0.39 is 0 Å². The lowest BCUT2D eigenvalue weighted by molar-refractivity contribution is -0.120. The molecule has 2 unspecified atom stereocenters. The lowest BCUT2D eigenvalue weighted by atomic mass is 9.86. The van der Waals surface area contributed by atoms with Crippen molar-refractivity contribution in [3.63, 3.8) is 0 Å². The number of carbonyl (C=O) groups is 1. The summed E-state index contributed by atoms with van der Waals surface area (Å²) in [6.45, 7) is 1.95. The summed E-state index contributed by atoms with van der Waals surface area (Å²) >= 11 is 1.44. The Labute approximate surface area is 138 Å². The lowest BCUT2D eigenvalue weighted by Crippen LogP contribution is -2.34. The van der Waals surface area contributed by atoms with Crippen molar-refractivity contribution < 1.29 is 9.18 Å². The van der Waals surface area contributed by atoms with Gasteiger partial charge in [0.1, 0.15) is 5.82 Å². The summed E-state index contributed by atoms with van der Waals surface area (Å²) < 4.78 is 13.0. The number of amides is 1. The molecule has 0 bridgehead atoms. The molecular formula is C17H20FN3OS. The fraction of sp³-hybridized carbons (Fsp3) is 0.412. The van der Waals surface area contributed by atoms with E-state index in [1.807, 2.05) is 6.92 Å². The van der Waals surface area contributed by atoms with Gasteiger partial charge in [0.15, 0.2) is 5.13 Å². The standard InChI is InChI=1S/C17H20FN3OS/c1-10-15(11-5-7-13(18)8-6-11)20-17(23-10)21-16(22)12-3-2-4-14(19)9-12/h5-8,12,14H,2-4,9,19H2,1H3,(H,20,21,22). The summed E-state index contributed by atoms with van der Waals surface area (Å²) in [7, 11) is 0. The van der Waals surface area contributed by atoms with Gasteiger partial charge in [0.25, 0.3) is 0 Å². The van der Waals surface area contributed by atoms with Crippen LogP contribution >= 0.6 is 11.3 Å². The molecular weight excluding hydrogens is 313 g/mol. The molecule has 1 amide bonds. The highest BCUT2D eigenvalue weighted by Gasteiger charge is 2.26. The molecule has 0 radical (unpaired) electrons. The predicted molar refractivity (Wildman–Crippen MR) is 90.8 cm³/mol. The van der Waals surface area contributed by atoms with Crippen LogP contribution in [-0.4, -0.2) is 16.9 Å². The SMILES string of the molecule is Cc1sc(NC(=O)C2CCCC(N)C2)nc1-c1ccc(F)cc1. The van der Waals surface area contributed by atoms with Gasteiger partial charge in [-0.3, -0.25) is 4.79 Å². The third-order valence-electron chi connectivity index (χ3n) is 4.23. The fourth-order valence-corrected chi connectivity index (χ4v) is 3.84. The van der Waals surface area contributed by atoms with E-state index in [9.17, 15) is 9.18 Å². The quantitative estimate of drug-likeness (QED) is 0.899. The normalized spacial score (nSPS) is 21.2. The van der Waals surface area contributed by atoms with Gasteiger partial charge in [-0.25, -0.2) is 9.37 Å². The molecule has 0 saturated heterocycles. The van der Waals surface area contributed by atoms with Crippen molar-refractivity contribution in [3.8, 4) is 11.3 Å². The minimum Gasteiger partial charge on any atom is -0.328 e. The molecule has 6 heteroatoms. The number of aromatic nitrogens is 1. The summed E-state index contributed by atoms with van der Waals surface area (Å²) in [5.41, 5.74) is 7.58. The van der Waals surface area contributed by atoms with E-state index in [4.69, 9.17) is 5.73 Å². The number of aryl methyl sites for hydroxylation is 1. The van der Waals surface area contributed by atoms with Crippen molar-refractivity contribution in [2.45, 2.75) is 38.6 Å². The van der Waals surface area contributed by atoms with Gasteiger partial charge in [0.05, 0.1) is 5.69 Å². The number of nitrogens with one attached hydrogen (secondary N) is 1. The summed E-state index contributed by atoms with van der Waals surface area (Å²) in [4.78, 5) is 17.9. The van der Waals surface area contributed by atoms with Crippen molar-refractivity contribution >= 4 is 22.4 Å². The molecule has 3 N–H and O–H groups in total. The predicted octanol–water partition coefficient (Wildman–Crippen LogP) is 3.71. The number of anilines is 1. The van der Waals surface area contributed by atoms with E-state index in [0.29, 0.717) is 5.13 Å². The number of carbonyl (C=O) groups excluding carboxylic acids is 1. The van der Waals surface area contributed by atoms with Crippen LogP contribution < -0.4 is 11.1 Å². The smallest absolute Gasteiger partial charge is 0.229 e. The van der Waals surface area contributed by atoms with Crippen LogP contribution in [0.15, 0.2) is 24.3 Å². The second-order valence-electron chi connectivity index (χ2n) is 6.04. The monoisotopic (exact) mass is 333 g/mol. The Morgan fingerprint density at radius 1 is 1.35 bits per heavy atom. The zero-order chi connectivity index (χ0) is 16.4. The molecule has 1 aliphatic rings. The van der Waals surface area contributed by atoms with Gasteiger partial charge in [-0.1, -0.05) is 6.42 Å². The lowest BCUT2D eigenvalue weighted by Gasteiger charge is -2.25. The topological polar surface area (TPSA) is 68.0 Å². The van der Waals surface area contributed by atoms with Gasteiger partial charge < -0.3 is 11.1 Å². The number of hydrogen-bond acceptors (Lipinski definition) is 4. The maximum atomic E-state index is 13.0. The zero-order valence-corrected chi connectivity index (χ0v) is 13.8. The van der Waals surface area contributed by atoms with E-state index in [1.165, 1.54) is 23.5 Å². The van der Waals surface area contributed by atoms with Crippen molar-refractivity contribution in [3.05, 3.63) is 35.0 Å². The van der Waals surface area contributed by atoms with E-state index in [2.05, 4.69) is 10.3 Å². The van der Waals surface area contributed by atoms with Crippen LogP contribution in [0.25, 0.3) is 11.3 Å². The van der Waals surface area contributed by atoms with Gasteiger partial charge in [-0.05, 0) is 50.5 Å². The van der Waals surface area contributed by atoms with Crippen molar-refractivity contribution in [2.24, 2.45) is 11.7 Å². The summed E-state index contributed by atoms with van der Waals surface area (Å²) in [5, 5.41) is 3.50. The van der Waals surface area contributed by atoms with Gasteiger partial charge in [0, 0.05) is 22.4 Å². The Morgan fingerprint density at radius 2 is 2.09 bits per heavy atom. The van der Waals surface area contributed by atoms with E-state index >= 15 is 0 Å². The molecule has 0 spiro atoms. The summed E-state index contributed by atoms with van der Waals surface area (Å²) in [5.74, 6) is -0.305. The molecule has 2 atom stereocenters. The van der Waals surface area contributed by atoms with Gasteiger partial charge >= 0.3 is 0 Å². The summed E-state index contributed by atoms with van der Waals surface area (Å²) in [6, 6.07) is 6.34.